The molecule has 4 N–H and O–H groups in total. The number of hydrogen-bond acceptors (Lipinski definition) is 9. The number of carbonyl (C=O) groups excluding carboxylic acids is 1. The smallest absolute Gasteiger partial charge is 0.365 e. The Bertz CT molecular complexity index is 875. The highest BCUT2D eigenvalue weighted by Gasteiger charge is 2.46. The first kappa shape index (κ1) is 22.4. The molecule has 1 aliphatic rings. The molecule has 1 aromatic rings. The van der Waals surface area contributed by atoms with Crippen LogP contribution in [0, 0.1) is 0 Å². The average molecular weight is 424 g/mol. The number of ether oxygens (including phenoxy) is 3. The molecule has 13 nitrogen and oxygen atoms in total. The van der Waals surface area contributed by atoms with Gasteiger partial charge in [-0.2, -0.15) is 0 Å². The number of aliphatic hydroxyl groups excluding tert-OH is 2. The molecule has 0 radical (unpaired) electrons. The third-order valence-corrected chi connectivity index (χ3v) is 5.01. The lowest BCUT2D eigenvalue weighted by Gasteiger charge is -2.21. The Labute approximate surface area is 157 Å². The normalized spacial score (nSPS) is 26.2. The Morgan fingerprint density at radius 2 is 1.96 bits per heavy atom. The van der Waals surface area contributed by atoms with Gasteiger partial charge in [0.05, 0.1) is 13.2 Å². The standard InChI is InChI=1S/C14H21N2O11P/c1-3-25-12(20)13(28(22,23)24)26-6-7-9(18)10(19)11(27-7)16-5-4-8(17)15(2)14(16)21/h4-5,7,9-11,13,18-19H,3,6H2,1-2H3,(H2,22,23,24)/t7-,9-,10-,11-,13?/m1/s1. The van der Waals surface area contributed by atoms with Gasteiger partial charge in [-0.05, 0) is 6.92 Å². The third-order valence-electron chi connectivity index (χ3n) is 4.04. The highest BCUT2D eigenvalue weighted by Crippen LogP contribution is 2.43. The van der Waals surface area contributed by atoms with Gasteiger partial charge in [-0.3, -0.25) is 18.5 Å². The zero-order valence-electron chi connectivity index (χ0n) is 14.9. The van der Waals surface area contributed by atoms with E-state index in [0.29, 0.717) is 0 Å². The number of aliphatic hydroxyl groups is 2. The molecule has 2 rings (SSSR count). The first-order valence-corrected chi connectivity index (χ1v) is 9.80. The Kier molecular flexibility index (Phi) is 6.93. The summed E-state index contributed by atoms with van der Waals surface area (Å²) >= 11 is 0. The largest absolute Gasteiger partial charge is 0.464 e. The molecule has 1 aliphatic heterocycles. The van der Waals surface area contributed by atoms with Crippen molar-refractivity contribution in [1.29, 1.82) is 0 Å². The summed E-state index contributed by atoms with van der Waals surface area (Å²) in [5.74, 6) is -3.53. The van der Waals surface area contributed by atoms with Crippen LogP contribution in [-0.2, 0) is 30.6 Å². The fraction of sp³-hybridized carbons (Fsp3) is 0.643. The average Bonchev–Trinajstić information content (AvgIpc) is 2.88. The zero-order chi connectivity index (χ0) is 21.2. The monoisotopic (exact) mass is 424 g/mol. The van der Waals surface area contributed by atoms with Crippen molar-refractivity contribution < 1.29 is 43.6 Å². The predicted molar refractivity (Wildman–Crippen MR) is 90.3 cm³/mol. The van der Waals surface area contributed by atoms with Crippen LogP contribution >= 0.6 is 7.60 Å². The van der Waals surface area contributed by atoms with Gasteiger partial charge in [0.1, 0.15) is 18.3 Å². The number of nitrogens with zero attached hydrogens (tertiary/aromatic N) is 2. The molecule has 0 spiro atoms. The lowest BCUT2D eigenvalue weighted by Crippen LogP contribution is -2.41. The van der Waals surface area contributed by atoms with Gasteiger partial charge in [0.2, 0.25) is 0 Å². The maximum Gasteiger partial charge on any atom is 0.365 e. The zero-order valence-corrected chi connectivity index (χ0v) is 15.8. The molecule has 0 amide bonds. The minimum atomic E-state index is -5.04. The second-order valence-corrected chi connectivity index (χ2v) is 7.62. The SMILES string of the molecule is CCOC(=O)C(OC[C@H]1O[C@@H](n2ccc(=O)n(C)c2=O)[C@H](O)[C@@H]1O)P(=O)(O)O. The van der Waals surface area contributed by atoms with E-state index in [0.717, 1.165) is 21.4 Å². The lowest BCUT2D eigenvalue weighted by atomic mass is 10.1. The Morgan fingerprint density at radius 1 is 1.32 bits per heavy atom. The van der Waals surface area contributed by atoms with Gasteiger partial charge < -0.3 is 34.2 Å². The minimum absolute atomic E-state index is 0.141. The molecule has 1 fully saturated rings. The molecule has 1 aromatic heterocycles. The minimum Gasteiger partial charge on any atom is -0.464 e. The molecule has 1 unspecified atom stereocenters. The third kappa shape index (κ3) is 4.58. The molecule has 158 valence electrons. The molecule has 1 saturated heterocycles. The first-order chi connectivity index (χ1) is 13.0. The van der Waals surface area contributed by atoms with Crippen molar-refractivity contribution in [3.63, 3.8) is 0 Å². The summed E-state index contributed by atoms with van der Waals surface area (Å²) in [5, 5.41) is 20.3. The molecule has 0 bridgehead atoms. The summed E-state index contributed by atoms with van der Waals surface area (Å²) in [5.41, 5.74) is -1.40. The number of hydrogen-bond donors (Lipinski definition) is 4. The Balaban J connectivity index is 2.17. The van der Waals surface area contributed by atoms with Crippen LogP contribution in [0.5, 0.6) is 0 Å². The number of esters is 1. The van der Waals surface area contributed by atoms with E-state index in [2.05, 4.69) is 4.74 Å². The van der Waals surface area contributed by atoms with Crippen molar-refractivity contribution in [2.75, 3.05) is 13.2 Å². The Hall–Kier alpha value is -1.86. The van der Waals surface area contributed by atoms with E-state index < -0.39 is 61.8 Å². The van der Waals surface area contributed by atoms with Crippen molar-refractivity contribution in [1.82, 2.24) is 9.13 Å². The van der Waals surface area contributed by atoms with Crippen molar-refractivity contribution in [3.05, 3.63) is 33.1 Å². The van der Waals surface area contributed by atoms with Crippen molar-refractivity contribution in [2.24, 2.45) is 7.05 Å². The lowest BCUT2D eigenvalue weighted by molar-refractivity contribution is -0.155. The van der Waals surface area contributed by atoms with E-state index in [-0.39, 0.29) is 6.61 Å². The van der Waals surface area contributed by atoms with Crippen LogP contribution in [0.25, 0.3) is 0 Å². The fourth-order valence-electron chi connectivity index (χ4n) is 2.58. The van der Waals surface area contributed by atoms with Crippen molar-refractivity contribution >= 4 is 13.6 Å². The maximum absolute atomic E-state index is 12.2. The van der Waals surface area contributed by atoms with Crippen LogP contribution in [0.15, 0.2) is 21.9 Å². The molecular formula is C14H21N2O11P. The van der Waals surface area contributed by atoms with Gasteiger partial charge in [0.15, 0.2) is 6.23 Å². The Morgan fingerprint density at radius 3 is 2.54 bits per heavy atom. The van der Waals surface area contributed by atoms with Crippen molar-refractivity contribution in [2.45, 2.75) is 37.3 Å². The van der Waals surface area contributed by atoms with E-state index >= 15 is 0 Å². The molecule has 0 aromatic carbocycles. The number of aromatic nitrogens is 2. The van der Waals surface area contributed by atoms with Crippen LogP contribution in [0.2, 0.25) is 0 Å². The first-order valence-electron chi connectivity index (χ1n) is 8.12. The summed E-state index contributed by atoms with van der Waals surface area (Å²) in [7, 11) is -3.82. The second-order valence-electron chi connectivity index (χ2n) is 5.98. The van der Waals surface area contributed by atoms with Crippen LogP contribution in [0.1, 0.15) is 13.2 Å². The van der Waals surface area contributed by atoms with E-state index in [1.807, 2.05) is 0 Å². The van der Waals surface area contributed by atoms with Gasteiger partial charge in [0.25, 0.3) is 11.4 Å². The molecule has 2 heterocycles. The number of carbonyl (C=O) groups is 1. The summed E-state index contributed by atoms with van der Waals surface area (Å²) in [6, 6.07) is 1.05. The van der Waals surface area contributed by atoms with E-state index in [4.69, 9.17) is 9.47 Å². The van der Waals surface area contributed by atoms with Crippen LogP contribution in [-0.4, -0.2) is 72.5 Å². The van der Waals surface area contributed by atoms with Crippen LogP contribution < -0.4 is 11.2 Å². The molecule has 14 heteroatoms. The van der Waals surface area contributed by atoms with Crippen LogP contribution in [0.4, 0.5) is 0 Å². The maximum atomic E-state index is 12.2. The van der Waals surface area contributed by atoms with Gasteiger partial charge in [0, 0.05) is 19.3 Å². The summed E-state index contributed by atoms with van der Waals surface area (Å²) in [6.07, 6.45) is -4.86. The molecular weight excluding hydrogens is 403 g/mol. The fourth-order valence-corrected chi connectivity index (χ4v) is 3.21. The van der Waals surface area contributed by atoms with Gasteiger partial charge in [-0.15, -0.1) is 0 Å². The highest BCUT2D eigenvalue weighted by molar-refractivity contribution is 7.53. The second kappa shape index (κ2) is 8.66. The van der Waals surface area contributed by atoms with E-state index in [1.54, 1.807) is 0 Å². The molecule has 0 aliphatic carbocycles. The van der Waals surface area contributed by atoms with Crippen LogP contribution in [0.3, 0.4) is 0 Å². The molecule has 28 heavy (non-hydrogen) atoms. The van der Waals surface area contributed by atoms with E-state index in [1.165, 1.54) is 14.0 Å². The molecule has 5 atom stereocenters. The topological polar surface area (TPSA) is 187 Å². The van der Waals surface area contributed by atoms with Gasteiger partial charge in [-0.25, -0.2) is 9.59 Å². The summed E-state index contributed by atoms with van der Waals surface area (Å²) in [4.78, 5) is 53.8. The highest BCUT2D eigenvalue weighted by atomic mass is 31.2. The van der Waals surface area contributed by atoms with Gasteiger partial charge >= 0.3 is 19.3 Å². The predicted octanol–water partition coefficient (Wildman–Crippen LogP) is -2.75. The quantitative estimate of drug-likeness (QED) is 0.262. The summed E-state index contributed by atoms with van der Waals surface area (Å²) < 4.78 is 27.9. The van der Waals surface area contributed by atoms with Crippen molar-refractivity contribution in [3.8, 4) is 0 Å². The van der Waals surface area contributed by atoms with E-state index in [9.17, 15) is 38.9 Å². The molecule has 0 saturated carbocycles. The van der Waals surface area contributed by atoms with Gasteiger partial charge in [-0.1, -0.05) is 0 Å². The number of rotatable bonds is 7. The summed E-state index contributed by atoms with van der Waals surface area (Å²) in [6.45, 7) is 0.603.